The Bertz CT molecular complexity index is 980. The fraction of sp³-hybridized carbons (Fsp3) is 0.211. The molecule has 128 valence electrons. The first-order valence-corrected chi connectivity index (χ1v) is 8.68. The maximum absolute atomic E-state index is 12.6. The number of amides is 1. The summed E-state index contributed by atoms with van der Waals surface area (Å²) >= 11 is 3.40. The molecular weight excluding hydrogens is 382 g/mol. The van der Waals surface area contributed by atoms with Gasteiger partial charge in [-0.1, -0.05) is 46.3 Å². The Morgan fingerprint density at radius 1 is 1.12 bits per heavy atom. The number of carbonyl (C=O) groups is 1. The first kappa shape index (κ1) is 17.4. The number of carbonyl (C=O) groups excluding carboxylic acids is 1. The summed E-state index contributed by atoms with van der Waals surface area (Å²) in [6.45, 7) is 0.524. The van der Waals surface area contributed by atoms with Gasteiger partial charge in [-0.15, -0.1) is 0 Å². The highest BCUT2D eigenvalue weighted by molar-refractivity contribution is 9.10. The van der Waals surface area contributed by atoms with Crippen molar-refractivity contribution in [1.29, 1.82) is 0 Å². The fourth-order valence-electron chi connectivity index (χ4n) is 2.74. The zero-order chi connectivity index (χ0) is 18.0. The van der Waals surface area contributed by atoms with E-state index in [0.717, 1.165) is 15.4 Å². The second-order valence-electron chi connectivity index (χ2n) is 5.97. The number of aromatic nitrogens is 2. The van der Waals surface area contributed by atoms with Crippen molar-refractivity contribution in [3.63, 3.8) is 0 Å². The van der Waals surface area contributed by atoms with Gasteiger partial charge in [0.2, 0.25) is 5.91 Å². The summed E-state index contributed by atoms with van der Waals surface area (Å²) in [5.74, 6) is -0.0424. The van der Waals surface area contributed by atoms with E-state index >= 15 is 0 Å². The lowest BCUT2D eigenvalue weighted by Crippen LogP contribution is -2.29. The lowest BCUT2D eigenvalue weighted by Gasteiger charge is -2.18. The molecule has 0 saturated carbocycles. The molecule has 3 aromatic rings. The molecule has 0 atom stereocenters. The number of hydrogen-bond acceptors (Lipinski definition) is 3. The van der Waals surface area contributed by atoms with Crippen molar-refractivity contribution in [3.8, 4) is 0 Å². The number of nitrogens with zero attached hydrogens (tertiary/aromatic N) is 3. The van der Waals surface area contributed by atoms with Gasteiger partial charge in [0.1, 0.15) is 0 Å². The molecule has 0 radical (unpaired) electrons. The summed E-state index contributed by atoms with van der Waals surface area (Å²) in [4.78, 5) is 26.5. The Balaban J connectivity index is 1.83. The number of hydrogen-bond donors (Lipinski definition) is 0. The molecule has 1 heterocycles. The van der Waals surface area contributed by atoms with E-state index in [1.807, 2.05) is 42.5 Å². The van der Waals surface area contributed by atoms with Crippen LogP contribution in [-0.4, -0.2) is 27.6 Å². The third-order valence-corrected chi connectivity index (χ3v) is 4.64. The van der Waals surface area contributed by atoms with Crippen LogP contribution in [0.4, 0.5) is 0 Å². The van der Waals surface area contributed by atoms with Crippen LogP contribution in [0.1, 0.15) is 11.3 Å². The van der Waals surface area contributed by atoms with Gasteiger partial charge in [0.05, 0.1) is 17.5 Å². The zero-order valence-electron chi connectivity index (χ0n) is 14.1. The number of benzene rings is 2. The second-order valence-corrected chi connectivity index (χ2v) is 6.89. The number of halogens is 1. The molecule has 0 spiro atoms. The van der Waals surface area contributed by atoms with Crippen LogP contribution in [-0.2, 0) is 24.8 Å². The monoisotopic (exact) mass is 399 g/mol. The van der Waals surface area contributed by atoms with Gasteiger partial charge in [0.25, 0.3) is 5.56 Å². The van der Waals surface area contributed by atoms with Crippen molar-refractivity contribution in [2.45, 2.75) is 13.0 Å². The van der Waals surface area contributed by atoms with Crippen LogP contribution in [0.3, 0.4) is 0 Å². The van der Waals surface area contributed by atoms with Gasteiger partial charge in [-0.25, -0.2) is 4.68 Å². The molecule has 0 N–H and O–H groups in total. The van der Waals surface area contributed by atoms with E-state index in [1.54, 1.807) is 25.1 Å². The van der Waals surface area contributed by atoms with Crippen molar-refractivity contribution in [1.82, 2.24) is 14.7 Å². The predicted molar refractivity (Wildman–Crippen MR) is 101 cm³/mol. The smallest absolute Gasteiger partial charge is 0.274 e. The second kappa shape index (κ2) is 7.19. The standard InChI is InChI=1S/C19H18BrN3O2/c1-22(12-13-7-9-14(20)10-8-13)18(24)11-17-15-5-3-4-6-16(15)19(25)23(2)21-17/h3-10H,11-12H2,1-2H3. The third kappa shape index (κ3) is 3.79. The van der Waals surface area contributed by atoms with E-state index in [-0.39, 0.29) is 17.9 Å². The lowest BCUT2D eigenvalue weighted by atomic mass is 10.1. The topological polar surface area (TPSA) is 55.2 Å². The van der Waals surface area contributed by atoms with Crippen molar-refractivity contribution >= 4 is 32.6 Å². The molecule has 0 aliphatic heterocycles. The number of fused-ring (bicyclic) bond motifs is 1. The molecule has 3 rings (SSSR count). The van der Waals surface area contributed by atoms with E-state index < -0.39 is 0 Å². The fourth-order valence-corrected chi connectivity index (χ4v) is 3.00. The molecule has 0 saturated heterocycles. The summed E-state index contributed by atoms with van der Waals surface area (Å²) < 4.78 is 2.30. The number of likely N-dealkylation sites (N-methyl/N-ethyl adjacent to an activating group) is 1. The Kier molecular flexibility index (Phi) is 4.99. The quantitative estimate of drug-likeness (QED) is 0.677. The highest BCUT2D eigenvalue weighted by Gasteiger charge is 2.15. The Hall–Kier alpha value is -2.47. The van der Waals surface area contributed by atoms with Gasteiger partial charge in [0, 0.05) is 30.5 Å². The van der Waals surface area contributed by atoms with E-state index in [1.165, 1.54) is 4.68 Å². The van der Waals surface area contributed by atoms with Crippen molar-refractivity contribution < 1.29 is 4.79 Å². The summed E-state index contributed by atoms with van der Waals surface area (Å²) in [7, 11) is 3.38. The highest BCUT2D eigenvalue weighted by atomic mass is 79.9. The molecular formula is C19H18BrN3O2. The van der Waals surface area contributed by atoms with E-state index in [0.29, 0.717) is 17.6 Å². The van der Waals surface area contributed by atoms with Crippen LogP contribution >= 0.6 is 15.9 Å². The summed E-state index contributed by atoms with van der Waals surface area (Å²) in [5.41, 5.74) is 1.51. The Morgan fingerprint density at radius 2 is 1.76 bits per heavy atom. The van der Waals surface area contributed by atoms with Gasteiger partial charge >= 0.3 is 0 Å². The number of rotatable bonds is 4. The van der Waals surface area contributed by atoms with Crippen molar-refractivity contribution in [2.24, 2.45) is 7.05 Å². The molecule has 0 aliphatic carbocycles. The third-order valence-electron chi connectivity index (χ3n) is 4.11. The van der Waals surface area contributed by atoms with Gasteiger partial charge in [-0.3, -0.25) is 9.59 Å². The van der Waals surface area contributed by atoms with Crippen molar-refractivity contribution in [2.75, 3.05) is 7.05 Å². The van der Waals surface area contributed by atoms with Crippen LogP contribution in [0.5, 0.6) is 0 Å². The molecule has 25 heavy (non-hydrogen) atoms. The zero-order valence-corrected chi connectivity index (χ0v) is 15.7. The molecule has 0 unspecified atom stereocenters. The molecule has 0 fully saturated rings. The summed E-state index contributed by atoms with van der Waals surface area (Å²) in [6.07, 6.45) is 0.154. The number of aryl methyl sites for hydroxylation is 1. The molecule has 5 nitrogen and oxygen atoms in total. The Labute approximate surface area is 154 Å². The molecule has 1 amide bonds. The maximum Gasteiger partial charge on any atom is 0.274 e. The minimum atomic E-state index is -0.157. The average Bonchev–Trinajstić information content (AvgIpc) is 2.61. The molecule has 0 bridgehead atoms. The average molecular weight is 400 g/mol. The van der Waals surface area contributed by atoms with E-state index in [4.69, 9.17) is 0 Å². The van der Waals surface area contributed by atoms with Gasteiger partial charge < -0.3 is 4.90 Å². The van der Waals surface area contributed by atoms with Crippen LogP contribution in [0, 0.1) is 0 Å². The van der Waals surface area contributed by atoms with Gasteiger partial charge in [-0.2, -0.15) is 5.10 Å². The summed E-state index contributed by atoms with van der Waals surface area (Å²) in [6, 6.07) is 15.1. The van der Waals surface area contributed by atoms with E-state index in [2.05, 4.69) is 21.0 Å². The Morgan fingerprint density at radius 3 is 2.44 bits per heavy atom. The highest BCUT2D eigenvalue weighted by Crippen LogP contribution is 2.15. The lowest BCUT2D eigenvalue weighted by molar-refractivity contribution is -0.129. The normalized spacial score (nSPS) is 10.8. The van der Waals surface area contributed by atoms with Gasteiger partial charge in [-0.05, 0) is 23.8 Å². The predicted octanol–water partition coefficient (Wildman–Crippen LogP) is 2.90. The maximum atomic E-state index is 12.6. The SMILES string of the molecule is CN(Cc1ccc(Br)cc1)C(=O)Cc1nn(C)c(=O)c2ccccc12. The van der Waals surface area contributed by atoms with Crippen LogP contribution < -0.4 is 5.56 Å². The first-order valence-electron chi connectivity index (χ1n) is 7.89. The summed E-state index contributed by atoms with van der Waals surface area (Å²) in [5, 5.41) is 5.61. The molecule has 6 heteroatoms. The largest absolute Gasteiger partial charge is 0.341 e. The van der Waals surface area contributed by atoms with Gasteiger partial charge in [0.15, 0.2) is 0 Å². The van der Waals surface area contributed by atoms with Crippen molar-refractivity contribution in [3.05, 3.63) is 74.6 Å². The molecule has 1 aromatic heterocycles. The van der Waals surface area contributed by atoms with Crippen LogP contribution in [0.15, 0.2) is 57.8 Å². The minimum Gasteiger partial charge on any atom is -0.341 e. The van der Waals surface area contributed by atoms with E-state index in [9.17, 15) is 9.59 Å². The minimum absolute atomic E-state index is 0.0424. The molecule has 2 aromatic carbocycles. The van der Waals surface area contributed by atoms with Crippen LogP contribution in [0.2, 0.25) is 0 Å². The molecule has 0 aliphatic rings. The first-order chi connectivity index (χ1) is 12.0. The van der Waals surface area contributed by atoms with Crippen LogP contribution in [0.25, 0.3) is 10.8 Å².